The lowest BCUT2D eigenvalue weighted by Crippen LogP contribution is -2.21. The largest absolute Gasteiger partial charge is 0.439 e. The van der Waals surface area contributed by atoms with Crippen LogP contribution < -0.4 is 10.1 Å². The van der Waals surface area contributed by atoms with Gasteiger partial charge in [0.1, 0.15) is 30.1 Å². The Hall–Kier alpha value is -3.43. The molecule has 1 amide bonds. The van der Waals surface area contributed by atoms with Gasteiger partial charge in [-0.1, -0.05) is 0 Å². The normalized spacial score (nSPS) is 11.3. The summed E-state index contributed by atoms with van der Waals surface area (Å²) in [5, 5.41) is 2.18. The maximum Gasteiger partial charge on any atom is 0.397 e. The van der Waals surface area contributed by atoms with Crippen LogP contribution in [0.4, 0.5) is 18.9 Å². The van der Waals surface area contributed by atoms with Crippen LogP contribution in [0.25, 0.3) is 5.82 Å². The number of anilines is 1. The van der Waals surface area contributed by atoms with Gasteiger partial charge < -0.3 is 10.1 Å². The van der Waals surface area contributed by atoms with E-state index in [1.54, 1.807) is 36.3 Å². The van der Waals surface area contributed by atoms with Crippen LogP contribution in [0.5, 0.6) is 11.6 Å². The number of alkyl halides is 3. The molecule has 0 aliphatic heterocycles. The molecule has 0 aliphatic rings. The maximum absolute atomic E-state index is 12.2. The number of amides is 1. The van der Waals surface area contributed by atoms with Crippen LogP contribution in [0.1, 0.15) is 12.2 Å². The van der Waals surface area contributed by atoms with Gasteiger partial charge in [-0.2, -0.15) is 18.2 Å². The van der Waals surface area contributed by atoms with E-state index in [4.69, 9.17) is 4.74 Å². The van der Waals surface area contributed by atoms with Gasteiger partial charge in [0, 0.05) is 24.1 Å². The number of rotatable bonds is 5. The monoisotopic (exact) mass is 377 g/mol. The van der Waals surface area contributed by atoms with Crippen LogP contribution in [0.15, 0.2) is 49.1 Å². The first-order valence-electron chi connectivity index (χ1n) is 7.77. The second-order valence-corrected chi connectivity index (χ2v) is 5.55. The number of aromatic nitrogens is 4. The molecular weight excluding hydrogens is 363 g/mol. The Balaban J connectivity index is 1.69. The minimum Gasteiger partial charge on any atom is -0.439 e. The lowest BCUT2D eigenvalue weighted by Gasteiger charge is -2.10. The summed E-state index contributed by atoms with van der Waals surface area (Å²) in [6.07, 6.45) is -1.16. The highest BCUT2D eigenvalue weighted by molar-refractivity contribution is 5.91. The Labute approximate surface area is 151 Å². The first-order valence-corrected chi connectivity index (χ1v) is 7.77. The summed E-state index contributed by atoms with van der Waals surface area (Å²) >= 11 is 0. The fourth-order valence-electron chi connectivity index (χ4n) is 2.22. The van der Waals surface area contributed by atoms with E-state index in [1.807, 2.05) is 0 Å². The summed E-state index contributed by atoms with van der Waals surface area (Å²) in [4.78, 5) is 23.7. The number of hydrogen-bond acceptors (Lipinski definition) is 5. The summed E-state index contributed by atoms with van der Waals surface area (Å²) in [6.45, 7) is 1.71. The molecule has 3 rings (SSSR count). The molecule has 0 aliphatic carbocycles. The number of nitrogens with zero attached hydrogens (tertiary/aromatic N) is 4. The Morgan fingerprint density at radius 3 is 2.59 bits per heavy atom. The van der Waals surface area contributed by atoms with E-state index in [9.17, 15) is 18.0 Å². The van der Waals surface area contributed by atoms with Crippen molar-refractivity contribution in [2.45, 2.75) is 19.5 Å². The Morgan fingerprint density at radius 2 is 1.96 bits per heavy atom. The standard InChI is InChI=1S/C17H14F3N5O2/c1-11-22-14(25-7-6-21-10-25)8-16(23-11)27-13-4-2-12(3-5-13)24-15(26)9-17(18,19)20/h2-8,10H,9H2,1H3,(H,24,26). The van der Waals surface area contributed by atoms with E-state index in [0.29, 0.717) is 23.3 Å². The second kappa shape index (κ2) is 7.44. The SMILES string of the molecule is Cc1nc(Oc2ccc(NC(=O)CC(F)(F)F)cc2)cc(-n2ccnc2)n1. The summed E-state index contributed by atoms with van der Waals surface area (Å²) in [5.74, 6) is 0.629. The Morgan fingerprint density at radius 1 is 1.22 bits per heavy atom. The highest BCUT2D eigenvalue weighted by atomic mass is 19.4. The van der Waals surface area contributed by atoms with Crippen molar-refractivity contribution in [1.29, 1.82) is 0 Å². The molecule has 0 atom stereocenters. The molecule has 0 fully saturated rings. The van der Waals surface area contributed by atoms with Crippen molar-refractivity contribution >= 4 is 11.6 Å². The van der Waals surface area contributed by atoms with Crippen molar-refractivity contribution in [3.05, 3.63) is 54.9 Å². The fourth-order valence-corrected chi connectivity index (χ4v) is 2.22. The van der Waals surface area contributed by atoms with Gasteiger partial charge in [-0.3, -0.25) is 9.36 Å². The van der Waals surface area contributed by atoms with Crippen molar-refractivity contribution in [3.8, 4) is 17.4 Å². The zero-order valence-electron chi connectivity index (χ0n) is 14.1. The topological polar surface area (TPSA) is 81.9 Å². The summed E-state index contributed by atoms with van der Waals surface area (Å²) in [6, 6.07) is 7.52. The van der Waals surface area contributed by atoms with Gasteiger partial charge in [-0.05, 0) is 31.2 Å². The van der Waals surface area contributed by atoms with Crippen LogP contribution in [-0.4, -0.2) is 31.6 Å². The number of halogens is 3. The van der Waals surface area contributed by atoms with E-state index >= 15 is 0 Å². The molecule has 1 N–H and O–H groups in total. The first kappa shape index (κ1) is 18.4. The Kier molecular flexibility index (Phi) is 5.06. The van der Waals surface area contributed by atoms with Crippen LogP contribution in [0.2, 0.25) is 0 Å². The molecule has 7 nitrogen and oxygen atoms in total. The van der Waals surface area contributed by atoms with E-state index in [1.165, 1.54) is 24.3 Å². The van der Waals surface area contributed by atoms with Gasteiger partial charge in [0.15, 0.2) is 0 Å². The van der Waals surface area contributed by atoms with E-state index in [-0.39, 0.29) is 5.69 Å². The third-order valence-corrected chi connectivity index (χ3v) is 3.29. The number of ether oxygens (including phenoxy) is 1. The molecule has 2 heterocycles. The molecule has 3 aromatic rings. The summed E-state index contributed by atoms with van der Waals surface area (Å²) in [5.41, 5.74) is 0.231. The number of nitrogens with one attached hydrogen (secondary N) is 1. The number of hydrogen-bond donors (Lipinski definition) is 1. The van der Waals surface area contributed by atoms with Crippen molar-refractivity contribution in [2.75, 3.05) is 5.32 Å². The summed E-state index contributed by atoms with van der Waals surface area (Å²) < 4.78 is 43.9. The van der Waals surface area contributed by atoms with Gasteiger partial charge >= 0.3 is 6.18 Å². The molecule has 0 saturated heterocycles. The van der Waals surface area contributed by atoms with Crippen LogP contribution in [-0.2, 0) is 4.79 Å². The number of carbonyl (C=O) groups is 1. The van der Waals surface area contributed by atoms with Gasteiger partial charge in [0.2, 0.25) is 11.8 Å². The molecule has 1 aromatic carbocycles. The smallest absolute Gasteiger partial charge is 0.397 e. The van der Waals surface area contributed by atoms with Crippen molar-refractivity contribution in [3.63, 3.8) is 0 Å². The third kappa shape index (κ3) is 5.27. The van der Waals surface area contributed by atoms with E-state index < -0.39 is 18.5 Å². The molecule has 0 saturated carbocycles. The average Bonchev–Trinajstić information content (AvgIpc) is 3.09. The summed E-state index contributed by atoms with van der Waals surface area (Å²) in [7, 11) is 0. The predicted molar refractivity (Wildman–Crippen MR) is 89.7 cm³/mol. The minimum absolute atomic E-state index is 0.231. The molecule has 0 spiro atoms. The number of aryl methyl sites for hydroxylation is 1. The van der Waals surface area contributed by atoms with Crippen molar-refractivity contribution < 1.29 is 22.7 Å². The molecule has 0 radical (unpaired) electrons. The van der Waals surface area contributed by atoms with Gasteiger partial charge in [0.25, 0.3) is 0 Å². The second-order valence-electron chi connectivity index (χ2n) is 5.55. The first-order chi connectivity index (χ1) is 12.8. The van der Waals surface area contributed by atoms with Crippen LogP contribution >= 0.6 is 0 Å². The Bertz CT molecular complexity index is 925. The van der Waals surface area contributed by atoms with Gasteiger partial charge in [0.05, 0.1) is 0 Å². The highest BCUT2D eigenvalue weighted by Gasteiger charge is 2.31. The maximum atomic E-state index is 12.2. The molecule has 27 heavy (non-hydrogen) atoms. The van der Waals surface area contributed by atoms with E-state index in [0.717, 1.165) is 0 Å². The zero-order valence-corrected chi connectivity index (χ0v) is 14.1. The molecule has 0 unspecified atom stereocenters. The molecule has 10 heteroatoms. The quantitative estimate of drug-likeness (QED) is 0.734. The van der Waals surface area contributed by atoms with Crippen LogP contribution in [0, 0.1) is 6.92 Å². The molecule has 140 valence electrons. The zero-order chi connectivity index (χ0) is 19.4. The van der Waals surface area contributed by atoms with Gasteiger partial charge in [-0.15, -0.1) is 0 Å². The highest BCUT2D eigenvalue weighted by Crippen LogP contribution is 2.24. The minimum atomic E-state index is -4.55. The molecule has 2 aromatic heterocycles. The lowest BCUT2D eigenvalue weighted by molar-refractivity contribution is -0.150. The molecule has 0 bridgehead atoms. The average molecular weight is 377 g/mol. The number of imidazole rings is 1. The van der Waals surface area contributed by atoms with Crippen LogP contribution in [0.3, 0.4) is 0 Å². The number of carbonyl (C=O) groups excluding carboxylic acids is 1. The third-order valence-electron chi connectivity index (χ3n) is 3.29. The fraction of sp³-hybridized carbons (Fsp3) is 0.176. The van der Waals surface area contributed by atoms with Crippen molar-refractivity contribution in [1.82, 2.24) is 19.5 Å². The predicted octanol–water partition coefficient (Wildman–Crippen LogP) is 3.65. The lowest BCUT2D eigenvalue weighted by atomic mass is 10.3. The van der Waals surface area contributed by atoms with Crippen molar-refractivity contribution in [2.24, 2.45) is 0 Å². The number of benzene rings is 1. The molecular formula is C17H14F3N5O2. The van der Waals surface area contributed by atoms with Gasteiger partial charge in [-0.25, -0.2) is 9.97 Å². The van der Waals surface area contributed by atoms with E-state index in [2.05, 4.69) is 20.3 Å².